The van der Waals surface area contributed by atoms with E-state index in [1.165, 1.54) is 4.90 Å². The minimum absolute atomic E-state index is 0.0367. The quantitative estimate of drug-likeness (QED) is 0.278. The second kappa shape index (κ2) is 12.2. The minimum Gasteiger partial charge on any atom is -0.465 e. The number of primary amides is 1. The summed E-state index contributed by atoms with van der Waals surface area (Å²) in [5, 5.41) is 12.0. The molecule has 0 bridgehead atoms. The fourth-order valence-corrected chi connectivity index (χ4v) is 4.92. The number of amides is 2. The summed E-state index contributed by atoms with van der Waals surface area (Å²) in [6.07, 6.45) is -9.52. The lowest BCUT2D eigenvalue weighted by molar-refractivity contribution is -0.139. The second-order valence-electron chi connectivity index (χ2n) is 9.97. The highest BCUT2D eigenvalue weighted by Crippen LogP contribution is 2.34. The van der Waals surface area contributed by atoms with Crippen molar-refractivity contribution in [3.8, 4) is 0 Å². The van der Waals surface area contributed by atoms with Crippen LogP contribution in [0.15, 0.2) is 48.7 Å². The Morgan fingerprint density at radius 2 is 1.62 bits per heavy atom. The van der Waals surface area contributed by atoms with Gasteiger partial charge in [0.05, 0.1) is 23.2 Å². The van der Waals surface area contributed by atoms with Gasteiger partial charge in [0.1, 0.15) is 0 Å². The van der Waals surface area contributed by atoms with E-state index in [2.05, 4.69) is 15.3 Å². The molecule has 224 valence electrons. The molecule has 4 rings (SSSR count). The predicted octanol–water partition coefficient (Wildman–Crippen LogP) is 5.93. The van der Waals surface area contributed by atoms with Gasteiger partial charge < -0.3 is 21.1 Å². The third kappa shape index (κ3) is 7.68. The first-order valence-electron chi connectivity index (χ1n) is 13.0. The molecule has 4 N–H and O–H groups in total. The van der Waals surface area contributed by atoms with Crippen molar-refractivity contribution in [1.29, 1.82) is 0 Å². The van der Waals surface area contributed by atoms with Gasteiger partial charge in [0, 0.05) is 25.0 Å². The standard InChI is InChI=1S/C28H27F6N5O3/c29-27(30,31)20-5-1-19(14-24(35)40)18(13-20)4-8-23-22(28(32,33)34)15-36-25(38-23)37-21-6-2-16(3-7-21)17-9-11-39(12-10-17)26(41)42/h1-3,5-7,13,15,17H,4,8-12,14H2,(H2,35,40)(H,41,42)(H,36,37,38). The number of halogens is 6. The van der Waals surface area contributed by atoms with Gasteiger partial charge >= 0.3 is 18.4 Å². The lowest BCUT2D eigenvalue weighted by Gasteiger charge is -2.30. The summed E-state index contributed by atoms with van der Waals surface area (Å²) in [7, 11) is 0. The van der Waals surface area contributed by atoms with Crippen molar-refractivity contribution in [2.24, 2.45) is 5.73 Å². The molecule has 1 aromatic heterocycles. The number of nitrogens with one attached hydrogen (secondary N) is 1. The Labute approximate surface area is 236 Å². The smallest absolute Gasteiger partial charge is 0.419 e. The first-order chi connectivity index (χ1) is 19.7. The van der Waals surface area contributed by atoms with E-state index in [4.69, 9.17) is 10.8 Å². The highest BCUT2D eigenvalue weighted by molar-refractivity contribution is 5.77. The zero-order valence-electron chi connectivity index (χ0n) is 22.1. The molecule has 0 unspecified atom stereocenters. The minimum atomic E-state index is -4.81. The van der Waals surface area contributed by atoms with E-state index in [1.54, 1.807) is 12.1 Å². The fraction of sp³-hybridized carbons (Fsp3) is 0.357. The van der Waals surface area contributed by atoms with Crippen LogP contribution in [-0.2, 0) is 36.4 Å². The second-order valence-corrected chi connectivity index (χ2v) is 9.97. The maximum absolute atomic E-state index is 13.7. The highest BCUT2D eigenvalue weighted by Gasteiger charge is 2.35. The van der Waals surface area contributed by atoms with Crippen molar-refractivity contribution in [3.05, 3.63) is 82.2 Å². The maximum Gasteiger partial charge on any atom is 0.419 e. The van der Waals surface area contributed by atoms with Gasteiger partial charge in [0.2, 0.25) is 11.9 Å². The number of benzene rings is 2. The van der Waals surface area contributed by atoms with Gasteiger partial charge in [-0.05, 0) is 72.6 Å². The number of likely N-dealkylation sites (tertiary alicyclic amines) is 1. The molecular formula is C28H27F6N5O3. The van der Waals surface area contributed by atoms with Crippen LogP contribution in [0, 0.1) is 0 Å². The van der Waals surface area contributed by atoms with E-state index < -0.39 is 41.2 Å². The molecule has 2 aromatic carbocycles. The number of aromatic nitrogens is 2. The van der Waals surface area contributed by atoms with Gasteiger partial charge in [0.15, 0.2) is 0 Å². The van der Waals surface area contributed by atoms with Crippen LogP contribution in [0.1, 0.15) is 52.3 Å². The summed E-state index contributed by atoms with van der Waals surface area (Å²) in [6, 6.07) is 9.78. The largest absolute Gasteiger partial charge is 0.465 e. The van der Waals surface area contributed by atoms with Gasteiger partial charge in [-0.15, -0.1) is 0 Å². The van der Waals surface area contributed by atoms with Crippen LogP contribution < -0.4 is 11.1 Å². The molecule has 0 atom stereocenters. The summed E-state index contributed by atoms with van der Waals surface area (Å²) >= 11 is 0. The number of hydrogen-bond acceptors (Lipinski definition) is 5. The monoisotopic (exact) mass is 595 g/mol. The van der Waals surface area contributed by atoms with E-state index in [-0.39, 0.29) is 42.3 Å². The predicted molar refractivity (Wildman–Crippen MR) is 140 cm³/mol. The Morgan fingerprint density at radius 1 is 0.952 bits per heavy atom. The molecule has 0 radical (unpaired) electrons. The number of anilines is 2. The van der Waals surface area contributed by atoms with Gasteiger partial charge in [-0.3, -0.25) is 4.79 Å². The first kappa shape index (κ1) is 30.6. The molecule has 2 heterocycles. The van der Waals surface area contributed by atoms with Crippen molar-refractivity contribution in [1.82, 2.24) is 14.9 Å². The third-order valence-electron chi connectivity index (χ3n) is 7.11. The summed E-state index contributed by atoms with van der Waals surface area (Å²) in [6.45, 7) is 0.847. The molecule has 14 heteroatoms. The van der Waals surface area contributed by atoms with E-state index in [9.17, 15) is 35.9 Å². The summed E-state index contributed by atoms with van der Waals surface area (Å²) in [4.78, 5) is 31.7. The molecule has 42 heavy (non-hydrogen) atoms. The molecule has 8 nitrogen and oxygen atoms in total. The number of nitrogens with two attached hydrogens (primary N) is 1. The Kier molecular flexibility index (Phi) is 8.92. The molecule has 2 amide bonds. The molecule has 1 saturated heterocycles. The fourth-order valence-electron chi connectivity index (χ4n) is 4.92. The number of hydrogen-bond donors (Lipinski definition) is 3. The van der Waals surface area contributed by atoms with Crippen LogP contribution in [0.2, 0.25) is 0 Å². The van der Waals surface area contributed by atoms with E-state index >= 15 is 0 Å². The zero-order valence-corrected chi connectivity index (χ0v) is 22.1. The Morgan fingerprint density at radius 3 is 2.19 bits per heavy atom. The lowest BCUT2D eigenvalue weighted by atomic mass is 9.89. The Balaban J connectivity index is 1.53. The summed E-state index contributed by atoms with van der Waals surface area (Å²) < 4.78 is 81.1. The van der Waals surface area contributed by atoms with Crippen molar-refractivity contribution >= 4 is 23.6 Å². The van der Waals surface area contributed by atoms with Crippen LogP contribution in [0.4, 0.5) is 42.8 Å². The topological polar surface area (TPSA) is 121 Å². The highest BCUT2D eigenvalue weighted by atomic mass is 19.4. The molecule has 3 aromatic rings. The first-order valence-corrected chi connectivity index (χ1v) is 13.0. The number of aryl methyl sites for hydroxylation is 2. The van der Waals surface area contributed by atoms with Crippen molar-refractivity contribution in [3.63, 3.8) is 0 Å². The third-order valence-corrected chi connectivity index (χ3v) is 7.11. The van der Waals surface area contributed by atoms with Crippen molar-refractivity contribution in [2.75, 3.05) is 18.4 Å². The van der Waals surface area contributed by atoms with E-state index in [0.29, 0.717) is 37.8 Å². The van der Waals surface area contributed by atoms with Crippen LogP contribution in [-0.4, -0.2) is 45.1 Å². The van der Waals surface area contributed by atoms with E-state index in [1.807, 2.05) is 12.1 Å². The summed E-state index contributed by atoms with van der Waals surface area (Å²) in [5.41, 5.74) is 4.36. The number of rotatable bonds is 8. The molecule has 0 aliphatic carbocycles. The molecular weight excluding hydrogens is 568 g/mol. The average Bonchev–Trinajstić information content (AvgIpc) is 2.91. The molecule has 0 saturated carbocycles. The normalized spacial score (nSPS) is 14.6. The number of nitrogens with zero attached hydrogens (tertiary/aromatic N) is 3. The van der Waals surface area contributed by atoms with Crippen molar-refractivity contribution in [2.45, 2.75) is 50.4 Å². The number of carboxylic acid groups (broad SMARTS) is 1. The van der Waals surface area contributed by atoms with E-state index in [0.717, 1.165) is 23.8 Å². The maximum atomic E-state index is 13.7. The number of carbonyl (C=O) groups is 2. The van der Waals surface area contributed by atoms with Gasteiger partial charge in [0.25, 0.3) is 0 Å². The van der Waals surface area contributed by atoms with Crippen LogP contribution in [0.25, 0.3) is 0 Å². The molecule has 1 aliphatic rings. The Hall–Kier alpha value is -4.36. The number of alkyl halides is 6. The van der Waals surface area contributed by atoms with Crippen molar-refractivity contribution < 1.29 is 41.0 Å². The molecule has 0 spiro atoms. The van der Waals surface area contributed by atoms with Gasteiger partial charge in [-0.1, -0.05) is 18.2 Å². The molecule has 1 aliphatic heterocycles. The Bertz CT molecular complexity index is 1440. The van der Waals surface area contributed by atoms with Crippen LogP contribution in [0.3, 0.4) is 0 Å². The zero-order chi connectivity index (χ0) is 30.7. The van der Waals surface area contributed by atoms with Gasteiger partial charge in [-0.2, -0.15) is 26.3 Å². The number of piperidine rings is 1. The number of carbonyl (C=O) groups excluding carboxylic acids is 1. The summed E-state index contributed by atoms with van der Waals surface area (Å²) in [5.74, 6) is -0.766. The SMILES string of the molecule is NC(=O)Cc1ccc(C(F)(F)F)cc1CCc1nc(Nc2ccc(C3CCN(C(=O)O)CC3)cc2)ncc1C(F)(F)F. The van der Waals surface area contributed by atoms with Gasteiger partial charge in [-0.25, -0.2) is 14.8 Å². The molecule has 1 fully saturated rings. The average molecular weight is 596 g/mol. The van der Waals surface area contributed by atoms with Crippen LogP contribution in [0.5, 0.6) is 0 Å². The van der Waals surface area contributed by atoms with Crippen LogP contribution >= 0.6 is 0 Å². The lowest BCUT2D eigenvalue weighted by Crippen LogP contribution is -2.36.